The molecule has 5 nitrogen and oxygen atoms in total. The Morgan fingerprint density at radius 1 is 0.846 bits per heavy atom. The number of rotatable bonds is 6. The number of piperidine rings is 2. The summed E-state index contributed by atoms with van der Waals surface area (Å²) in [7, 11) is 0. The smallest absolute Gasteiger partial charge is 0.234 e. The summed E-state index contributed by atoms with van der Waals surface area (Å²) in [5.41, 5.74) is 2.04. The van der Waals surface area contributed by atoms with Gasteiger partial charge < -0.3 is 15.1 Å². The largest absolute Gasteiger partial charge is 0.372 e. The number of thioether (sulfide) groups is 1. The molecular formula is C20H29N3O2S. The van der Waals surface area contributed by atoms with Gasteiger partial charge in [0.05, 0.1) is 11.5 Å². The van der Waals surface area contributed by atoms with Crippen LogP contribution in [0.25, 0.3) is 0 Å². The Bertz CT molecular complexity index is 594. The van der Waals surface area contributed by atoms with Crippen LogP contribution in [0.1, 0.15) is 38.5 Å². The van der Waals surface area contributed by atoms with Crippen molar-refractivity contribution in [3.05, 3.63) is 24.3 Å². The van der Waals surface area contributed by atoms with Crippen molar-refractivity contribution in [1.29, 1.82) is 0 Å². The number of hydrogen-bond donors (Lipinski definition) is 1. The molecule has 142 valence electrons. The highest BCUT2D eigenvalue weighted by Gasteiger charge is 2.16. The number of amides is 2. The predicted molar refractivity (Wildman–Crippen MR) is 109 cm³/mol. The van der Waals surface area contributed by atoms with Gasteiger partial charge in [-0.1, -0.05) is 0 Å². The van der Waals surface area contributed by atoms with E-state index in [1.807, 2.05) is 17.0 Å². The maximum atomic E-state index is 12.1. The summed E-state index contributed by atoms with van der Waals surface area (Å²) in [6.07, 6.45) is 7.25. The van der Waals surface area contributed by atoms with Crippen LogP contribution in [0.3, 0.4) is 0 Å². The Labute approximate surface area is 160 Å². The van der Waals surface area contributed by atoms with Crippen molar-refractivity contribution in [1.82, 2.24) is 4.90 Å². The minimum atomic E-state index is -0.0489. The summed E-state index contributed by atoms with van der Waals surface area (Å²) in [6.45, 7) is 3.98. The van der Waals surface area contributed by atoms with E-state index >= 15 is 0 Å². The van der Waals surface area contributed by atoms with E-state index in [2.05, 4.69) is 22.3 Å². The van der Waals surface area contributed by atoms with Crippen LogP contribution in [-0.2, 0) is 9.59 Å². The molecule has 0 spiro atoms. The van der Waals surface area contributed by atoms with Gasteiger partial charge in [-0.05, 0) is 62.8 Å². The molecule has 1 N–H and O–H groups in total. The normalized spacial score (nSPS) is 17.8. The Balaban J connectivity index is 1.38. The van der Waals surface area contributed by atoms with Crippen LogP contribution in [0.5, 0.6) is 0 Å². The van der Waals surface area contributed by atoms with Gasteiger partial charge in [0.1, 0.15) is 0 Å². The zero-order chi connectivity index (χ0) is 18.2. The lowest BCUT2D eigenvalue weighted by atomic mass is 10.1. The molecule has 2 heterocycles. The summed E-state index contributed by atoms with van der Waals surface area (Å²) >= 11 is 1.40. The number of carbonyl (C=O) groups is 2. The number of hydrogen-bond acceptors (Lipinski definition) is 4. The first kappa shape index (κ1) is 19.1. The lowest BCUT2D eigenvalue weighted by Crippen LogP contribution is -2.37. The monoisotopic (exact) mass is 375 g/mol. The molecular weight excluding hydrogens is 346 g/mol. The molecule has 1 aromatic carbocycles. The highest BCUT2D eigenvalue weighted by Crippen LogP contribution is 2.22. The van der Waals surface area contributed by atoms with E-state index in [0.29, 0.717) is 11.5 Å². The molecule has 0 bridgehead atoms. The third-order valence-electron chi connectivity index (χ3n) is 5.04. The zero-order valence-electron chi connectivity index (χ0n) is 15.4. The minimum Gasteiger partial charge on any atom is -0.372 e. The van der Waals surface area contributed by atoms with Crippen LogP contribution in [0.15, 0.2) is 24.3 Å². The Kier molecular flexibility index (Phi) is 7.23. The molecule has 6 heteroatoms. The molecule has 0 aromatic heterocycles. The Morgan fingerprint density at radius 2 is 1.46 bits per heavy atom. The molecule has 0 atom stereocenters. The lowest BCUT2D eigenvalue weighted by Gasteiger charge is -2.28. The molecule has 2 fully saturated rings. The molecule has 1 aromatic rings. The highest BCUT2D eigenvalue weighted by atomic mass is 32.2. The first-order chi connectivity index (χ1) is 12.7. The molecule has 2 aliphatic heterocycles. The molecule has 3 rings (SSSR count). The highest BCUT2D eigenvalue weighted by molar-refractivity contribution is 8.00. The molecule has 2 aliphatic rings. The van der Waals surface area contributed by atoms with Crippen LogP contribution in [-0.4, -0.2) is 54.4 Å². The molecule has 0 unspecified atom stereocenters. The number of nitrogens with zero attached hydrogens (tertiary/aromatic N) is 2. The second-order valence-corrected chi connectivity index (χ2v) is 8.06. The van der Waals surface area contributed by atoms with Crippen molar-refractivity contribution in [2.75, 3.05) is 47.9 Å². The fraction of sp³-hybridized carbons (Fsp3) is 0.600. The van der Waals surface area contributed by atoms with Crippen molar-refractivity contribution in [2.45, 2.75) is 38.5 Å². The van der Waals surface area contributed by atoms with Crippen LogP contribution in [0, 0.1) is 0 Å². The Morgan fingerprint density at radius 3 is 2.12 bits per heavy atom. The first-order valence-electron chi connectivity index (χ1n) is 9.73. The number of benzene rings is 1. The Hall–Kier alpha value is -1.69. The molecule has 0 radical (unpaired) electrons. The molecule has 0 saturated carbocycles. The van der Waals surface area contributed by atoms with E-state index in [1.165, 1.54) is 43.1 Å². The average Bonchev–Trinajstić information content (AvgIpc) is 2.70. The molecule has 2 amide bonds. The van der Waals surface area contributed by atoms with Crippen LogP contribution in [0.4, 0.5) is 11.4 Å². The van der Waals surface area contributed by atoms with Gasteiger partial charge in [0.2, 0.25) is 11.8 Å². The molecule has 0 aliphatic carbocycles. The van der Waals surface area contributed by atoms with Gasteiger partial charge in [0, 0.05) is 37.6 Å². The van der Waals surface area contributed by atoms with Crippen LogP contribution < -0.4 is 10.2 Å². The van der Waals surface area contributed by atoms with E-state index in [1.54, 1.807) is 0 Å². The summed E-state index contributed by atoms with van der Waals surface area (Å²) in [5, 5.41) is 2.92. The van der Waals surface area contributed by atoms with E-state index < -0.39 is 0 Å². The van der Waals surface area contributed by atoms with Crippen molar-refractivity contribution in [2.24, 2.45) is 0 Å². The SMILES string of the molecule is O=C(CSCC(=O)N1CCCCC1)Nc1ccc(N2CCCCC2)cc1. The van der Waals surface area contributed by atoms with Crippen LogP contribution in [0.2, 0.25) is 0 Å². The van der Waals surface area contributed by atoms with Gasteiger partial charge in [-0.25, -0.2) is 0 Å². The number of likely N-dealkylation sites (tertiary alicyclic amines) is 1. The quantitative estimate of drug-likeness (QED) is 0.828. The summed E-state index contributed by atoms with van der Waals surface area (Å²) in [4.78, 5) is 28.5. The predicted octanol–water partition coefficient (Wildman–Crippen LogP) is 3.36. The van der Waals surface area contributed by atoms with Crippen molar-refractivity contribution >= 4 is 35.0 Å². The van der Waals surface area contributed by atoms with E-state index in [0.717, 1.165) is 44.7 Å². The maximum absolute atomic E-state index is 12.1. The van der Waals surface area contributed by atoms with Gasteiger partial charge in [-0.3, -0.25) is 9.59 Å². The number of anilines is 2. The summed E-state index contributed by atoms with van der Waals surface area (Å²) in [5.74, 6) is 0.815. The molecule has 26 heavy (non-hydrogen) atoms. The van der Waals surface area contributed by atoms with Gasteiger partial charge in [-0.2, -0.15) is 0 Å². The van der Waals surface area contributed by atoms with Crippen molar-refractivity contribution < 1.29 is 9.59 Å². The van der Waals surface area contributed by atoms with E-state index in [9.17, 15) is 9.59 Å². The topological polar surface area (TPSA) is 52.7 Å². The standard InChI is InChI=1S/C20H29N3O2S/c24-19(15-26-16-20(25)23-13-5-2-6-14-23)21-17-7-9-18(10-8-17)22-11-3-1-4-12-22/h7-10H,1-6,11-16H2,(H,21,24). The van der Waals surface area contributed by atoms with E-state index in [4.69, 9.17) is 0 Å². The second kappa shape index (κ2) is 9.86. The number of nitrogens with one attached hydrogen (secondary N) is 1. The molecule has 2 saturated heterocycles. The fourth-order valence-corrected chi connectivity index (χ4v) is 4.29. The third-order valence-corrected chi connectivity index (χ3v) is 5.96. The second-order valence-electron chi connectivity index (χ2n) is 7.08. The fourth-order valence-electron chi connectivity index (χ4n) is 3.57. The minimum absolute atomic E-state index is 0.0489. The van der Waals surface area contributed by atoms with Gasteiger partial charge in [0.25, 0.3) is 0 Å². The van der Waals surface area contributed by atoms with Crippen molar-refractivity contribution in [3.63, 3.8) is 0 Å². The summed E-state index contributed by atoms with van der Waals surface area (Å²) < 4.78 is 0. The van der Waals surface area contributed by atoms with Gasteiger partial charge in [-0.15, -0.1) is 11.8 Å². The van der Waals surface area contributed by atoms with Crippen LogP contribution >= 0.6 is 11.8 Å². The maximum Gasteiger partial charge on any atom is 0.234 e. The van der Waals surface area contributed by atoms with Gasteiger partial charge >= 0.3 is 0 Å². The summed E-state index contributed by atoms with van der Waals surface area (Å²) in [6, 6.07) is 8.08. The lowest BCUT2D eigenvalue weighted by molar-refractivity contribution is -0.129. The zero-order valence-corrected chi connectivity index (χ0v) is 16.2. The van der Waals surface area contributed by atoms with Gasteiger partial charge in [0.15, 0.2) is 0 Å². The van der Waals surface area contributed by atoms with E-state index in [-0.39, 0.29) is 11.8 Å². The van der Waals surface area contributed by atoms with Crippen molar-refractivity contribution in [3.8, 4) is 0 Å². The third kappa shape index (κ3) is 5.66. The first-order valence-corrected chi connectivity index (χ1v) is 10.9. The average molecular weight is 376 g/mol. The number of carbonyl (C=O) groups excluding carboxylic acids is 2.